The summed E-state index contributed by atoms with van der Waals surface area (Å²) in [7, 11) is -6.93. The van der Waals surface area contributed by atoms with E-state index in [0.717, 1.165) is 37.0 Å². The molecule has 3 aliphatic rings. The van der Waals surface area contributed by atoms with E-state index in [9.17, 15) is 20.7 Å². The molecule has 0 spiro atoms. The number of nitrogens with zero attached hydrogens (tertiary/aromatic N) is 3. The smallest absolute Gasteiger partial charge is 0.303 e. The van der Waals surface area contributed by atoms with Crippen LogP contribution in [-0.4, -0.2) is 81.2 Å². The molecule has 1 aliphatic carbocycles. The highest BCUT2D eigenvalue weighted by Gasteiger charge is 2.31. The maximum absolute atomic E-state index is 14.6. The number of aromatic nitrogens is 1. The summed E-state index contributed by atoms with van der Waals surface area (Å²) in [4.78, 5) is 28.4. The van der Waals surface area contributed by atoms with Crippen LogP contribution in [-0.2, 0) is 26.2 Å². The Morgan fingerprint density at radius 1 is 1.05 bits per heavy atom. The molecule has 1 saturated carbocycles. The van der Waals surface area contributed by atoms with Gasteiger partial charge in [-0.25, -0.2) is 4.72 Å². The number of nitrogens with one attached hydrogen (secondary N) is 1. The average Bonchev–Trinajstić information content (AvgIpc) is 3.38. The molecule has 6 rings (SSSR count). The number of ether oxygens (including phenoxy) is 2. The monoisotopic (exact) mass is 619 g/mol. The molecule has 2 aliphatic heterocycles. The number of rotatable bonds is 2. The van der Waals surface area contributed by atoms with E-state index in [4.69, 9.17) is 24.6 Å². The Balaban J connectivity index is 1.73. The Morgan fingerprint density at radius 2 is 1.84 bits per heavy atom. The highest BCUT2D eigenvalue weighted by atomic mass is 32.2. The van der Waals surface area contributed by atoms with Crippen molar-refractivity contribution in [2.45, 2.75) is 44.5 Å². The Morgan fingerprint density at radius 3 is 2.63 bits per heavy atom. The maximum Gasteiger partial charge on any atom is 0.303 e. The Bertz CT molecular complexity index is 2270. The second-order valence-corrected chi connectivity index (χ2v) is 12.2. The maximum atomic E-state index is 14.6. The molecule has 0 saturated heterocycles. The SMILES string of the molecule is [2H]C([2H])([2H])Oc1ccc2c(c1)C=C1C(=O)N(C)C([2H])([2H])C([2H])([2H])OC([2H])([2H])C([2H])([2H])N(C)S(=O)(=O)NC(=O)c3ccc4c(C5CCCCC5)c-2n(c4c3)C1([2H])[2H]. The fourth-order valence-corrected chi connectivity index (χ4v) is 6.38. The zero-order chi connectivity index (χ0) is 41.8. The van der Waals surface area contributed by atoms with Crippen molar-refractivity contribution in [2.75, 3.05) is 47.2 Å². The van der Waals surface area contributed by atoms with Gasteiger partial charge in [-0.1, -0.05) is 25.3 Å². The molecule has 3 heterocycles. The van der Waals surface area contributed by atoms with Crippen molar-refractivity contribution in [3.8, 4) is 17.0 Å². The summed E-state index contributed by atoms with van der Waals surface area (Å²) in [5, 5.41) is 0.422. The topological polar surface area (TPSA) is 110 Å². The summed E-state index contributed by atoms with van der Waals surface area (Å²) in [6, 6.07) is 8.01. The van der Waals surface area contributed by atoms with Gasteiger partial charge in [0, 0.05) is 57.4 Å². The van der Waals surface area contributed by atoms with Crippen molar-refractivity contribution >= 4 is 39.0 Å². The normalized spacial score (nSPS) is 31.1. The van der Waals surface area contributed by atoms with Gasteiger partial charge in [0.15, 0.2) is 0 Å². The van der Waals surface area contributed by atoms with Gasteiger partial charge in [0.25, 0.3) is 11.8 Å². The molecule has 43 heavy (non-hydrogen) atoms. The molecule has 10 nitrogen and oxygen atoms in total. The van der Waals surface area contributed by atoms with Crippen molar-refractivity contribution in [1.29, 1.82) is 0 Å². The lowest BCUT2D eigenvalue weighted by molar-refractivity contribution is -0.126. The van der Waals surface area contributed by atoms with Crippen LogP contribution < -0.4 is 9.46 Å². The van der Waals surface area contributed by atoms with E-state index in [1.165, 1.54) is 36.4 Å². The number of carbonyl (C=O) groups excluding carboxylic acids is 2. The van der Waals surface area contributed by atoms with Gasteiger partial charge in [-0.15, -0.1) is 0 Å². The third-order valence-corrected chi connectivity index (χ3v) is 9.10. The first-order valence-corrected chi connectivity index (χ1v) is 15.0. The molecule has 228 valence electrons. The molecule has 4 bridgehead atoms. The van der Waals surface area contributed by atoms with Crippen molar-refractivity contribution in [2.24, 2.45) is 0 Å². The molecule has 11 heteroatoms. The molecule has 1 N–H and O–H groups in total. The molecule has 2 amide bonds. The van der Waals surface area contributed by atoms with Crippen molar-refractivity contribution < 1.29 is 45.3 Å². The van der Waals surface area contributed by atoms with Crippen molar-refractivity contribution in [3.63, 3.8) is 0 Å². The molecular weight excluding hydrogens is 568 g/mol. The van der Waals surface area contributed by atoms with Gasteiger partial charge in [0.2, 0.25) is 0 Å². The van der Waals surface area contributed by atoms with E-state index in [0.29, 0.717) is 30.8 Å². The Labute approximate surface area is 270 Å². The van der Waals surface area contributed by atoms with Crippen LogP contribution in [0.4, 0.5) is 0 Å². The number of benzene rings is 2. The lowest BCUT2D eigenvalue weighted by atomic mass is 9.81. The molecule has 1 fully saturated rings. The average molecular weight is 620 g/mol. The first-order chi connectivity index (χ1) is 25.5. The minimum atomic E-state index is -5.31. The number of likely N-dealkylation sites (N-methyl/N-ethyl adjacent to an activating group) is 2. The van der Waals surface area contributed by atoms with E-state index in [2.05, 4.69) is 0 Å². The van der Waals surface area contributed by atoms with Gasteiger partial charge in [-0.2, -0.15) is 12.7 Å². The van der Waals surface area contributed by atoms with Crippen LogP contribution in [0.3, 0.4) is 0 Å². The number of hydrogen-bond acceptors (Lipinski definition) is 6. The minimum Gasteiger partial charge on any atom is -0.497 e. The van der Waals surface area contributed by atoms with E-state index in [1.54, 1.807) is 4.72 Å². The van der Waals surface area contributed by atoms with Crippen LogP contribution in [0.2, 0.25) is 0 Å². The van der Waals surface area contributed by atoms with Crippen LogP contribution in [0.15, 0.2) is 42.0 Å². The van der Waals surface area contributed by atoms with Gasteiger partial charge in [-0.3, -0.25) is 9.59 Å². The van der Waals surface area contributed by atoms with Crippen molar-refractivity contribution in [3.05, 3.63) is 58.7 Å². The minimum absolute atomic E-state index is 0.00125. The van der Waals surface area contributed by atoms with Gasteiger partial charge in [0.1, 0.15) is 5.75 Å². The zero-order valence-corrected chi connectivity index (χ0v) is 24.2. The lowest BCUT2D eigenvalue weighted by Crippen LogP contribution is -2.42. The highest BCUT2D eigenvalue weighted by molar-refractivity contribution is 7.87. The molecule has 2 aromatic carbocycles. The third kappa shape index (κ3) is 5.57. The number of hydrogen-bond donors (Lipinski definition) is 1. The number of carbonyl (C=O) groups is 2. The van der Waals surface area contributed by atoms with Crippen LogP contribution in [0, 0.1) is 0 Å². The molecule has 0 atom stereocenters. The van der Waals surface area contributed by atoms with Gasteiger partial charge < -0.3 is 18.9 Å². The largest absolute Gasteiger partial charge is 0.497 e. The highest BCUT2D eigenvalue weighted by Crippen LogP contribution is 2.47. The van der Waals surface area contributed by atoms with Gasteiger partial charge >= 0.3 is 10.2 Å². The van der Waals surface area contributed by atoms with E-state index in [1.807, 2.05) is 0 Å². The van der Waals surface area contributed by atoms with E-state index >= 15 is 0 Å². The fourth-order valence-electron chi connectivity index (χ4n) is 5.74. The number of amides is 2. The Hall–Kier alpha value is -3.67. The zero-order valence-electron chi connectivity index (χ0n) is 36.4. The second-order valence-electron chi connectivity index (χ2n) is 10.5. The van der Waals surface area contributed by atoms with Crippen LogP contribution in [0.1, 0.15) is 77.3 Å². The molecular formula is C32H38N4O6S. The molecule has 0 radical (unpaired) electrons. The summed E-state index contributed by atoms with van der Waals surface area (Å²) in [6.07, 6.45) is 4.97. The molecule has 3 aromatic rings. The quantitative estimate of drug-likeness (QED) is 0.462. The fraction of sp³-hybridized carbons (Fsp3) is 0.438. The van der Waals surface area contributed by atoms with Crippen LogP contribution in [0.25, 0.3) is 28.2 Å². The summed E-state index contributed by atoms with van der Waals surface area (Å²) < 4.78 is 149. The van der Waals surface area contributed by atoms with Crippen LogP contribution >= 0.6 is 0 Å². The van der Waals surface area contributed by atoms with Gasteiger partial charge in [0.05, 0.1) is 47.4 Å². The number of methoxy groups -OCH3 is 1. The number of fused-ring (bicyclic) bond motifs is 4. The third-order valence-electron chi connectivity index (χ3n) is 7.85. The lowest BCUT2D eigenvalue weighted by Gasteiger charge is -2.24. The summed E-state index contributed by atoms with van der Waals surface area (Å²) in [5.74, 6) is -3.21. The predicted molar refractivity (Wildman–Crippen MR) is 165 cm³/mol. The van der Waals surface area contributed by atoms with Crippen LogP contribution in [0.5, 0.6) is 5.75 Å². The summed E-state index contributed by atoms with van der Waals surface area (Å²) >= 11 is 0. The van der Waals surface area contributed by atoms with Crippen molar-refractivity contribution in [1.82, 2.24) is 18.5 Å². The first kappa shape index (κ1) is 17.6. The van der Waals surface area contributed by atoms with E-state index < -0.39 is 67.2 Å². The first-order valence-electron chi connectivity index (χ1n) is 20.1. The Kier molecular flexibility index (Phi) is 4.82. The molecule has 0 unspecified atom stereocenters. The standard InChI is InChI=1S/C32H38N4O6S/c1-34-13-15-42-16-14-35(2)43(39,40)33-31(37)22-9-11-27-28(19-22)36-20-24(32(34)38)17-23-18-25(41-3)10-12-26(23)30(36)29(27)21-7-5-4-6-8-21/h9-12,17-19,21H,4-8,13-16,20H2,1-3H3,(H,33,37)/i3D3,13D2,14D2,15D2,16D2,20D2. The second kappa shape index (κ2) is 11.8. The molecule has 1 aromatic heterocycles. The predicted octanol–water partition coefficient (Wildman–Crippen LogP) is 4.16. The summed E-state index contributed by atoms with van der Waals surface area (Å²) in [6.45, 7) is -18.5. The van der Waals surface area contributed by atoms with Gasteiger partial charge in [-0.05, 0) is 66.3 Å². The summed E-state index contributed by atoms with van der Waals surface area (Å²) in [5.41, 5.74) is -0.00447. The van der Waals surface area contributed by atoms with E-state index in [-0.39, 0.29) is 48.8 Å².